The Morgan fingerprint density at radius 2 is 2.18 bits per heavy atom. The van der Waals surface area contributed by atoms with E-state index in [1.165, 1.54) is 19.3 Å². The number of nitrogens with zero attached hydrogens (tertiary/aromatic N) is 2. The van der Waals surface area contributed by atoms with E-state index in [0.717, 1.165) is 19.6 Å². The van der Waals surface area contributed by atoms with Crippen LogP contribution in [-0.4, -0.2) is 35.1 Å². The summed E-state index contributed by atoms with van der Waals surface area (Å²) in [5.41, 5.74) is 5.71. The van der Waals surface area contributed by atoms with Gasteiger partial charge in [-0.25, -0.2) is 0 Å². The molecule has 2 N–H and O–H groups in total. The number of rotatable bonds is 6. The average molecular weight is 235 g/mol. The number of nitrogens with two attached hydrogens (primary N) is 1. The summed E-state index contributed by atoms with van der Waals surface area (Å²) in [5.74, 6) is 0. The maximum absolute atomic E-state index is 11.6. The zero-order valence-electron chi connectivity index (χ0n) is 10.2. The third-order valence-corrected chi connectivity index (χ3v) is 3.53. The van der Waals surface area contributed by atoms with Crippen LogP contribution in [0.1, 0.15) is 19.3 Å². The molecule has 17 heavy (non-hydrogen) atoms. The molecule has 1 aromatic rings. The zero-order valence-corrected chi connectivity index (χ0v) is 10.2. The summed E-state index contributed by atoms with van der Waals surface area (Å²) >= 11 is 0. The topological polar surface area (TPSA) is 51.3 Å². The van der Waals surface area contributed by atoms with Crippen LogP contribution in [0.25, 0.3) is 0 Å². The van der Waals surface area contributed by atoms with Crippen molar-refractivity contribution >= 4 is 0 Å². The zero-order chi connectivity index (χ0) is 12.1. The Balaban J connectivity index is 1.90. The molecule has 1 aliphatic carbocycles. The normalized spacial score (nSPS) is 16.1. The summed E-state index contributed by atoms with van der Waals surface area (Å²) < 4.78 is 1.77. The van der Waals surface area contributed by atoms with Crippen LogP contribution in [0.5, 0.6) is 0 Å². The molecule has 0 aliphatic heterocycles. The van der Waals surface area contributed by atoms with E-state index in [2.05, 4.69) is 4.90 Å². The van der Waals surface area contributed by atoms with E-state index in [9.17, 15) is 4.79 Å². The summed E-state index contributed by atoms with van der Waals surface area (Å²) in [7, 11) is 0. The molecule has 0 aromatic carbocycles. The van der Waals surface area contributed by atoms with E-state index in [1.807, 2.05) is 12.3 Å². The molecule has 1 fully saturated rings. The Kier molecular flexibility index (Phi) is 4.34. The van der Waals surface area contributed by atoms with Crippen molar-refractivity contribution in [2.45, 2.75) is 31.8 Å². The second-order valence-electron chi connectivity index (χ2n) is 4.64. The summed E-state index contributed by atoms with van der Waals surface area (Å²) in [4.78, 5) is 14.0. The molecule has 4 heteroatoms. The van der Waals surface area contributed by atoms with Gasteiger partial charge in [-0.1, -0.05) is 12.5 Å². The third-order valence-electron chi connectivity index (χ3n) is 3.53. The van der Waals surface area contributed by atoms with E-state index in [0.29, 0.717) is 12.6 Å². The van der Waals surface area contributed by atoms with Crippen LogP contribution in [0.4, 0.5) is 0 Å². The number of aromatic nitrogens is 1. The molecule has 1 heterocycles. The number of pyridine rings is 1. The molecule has 0 atom stereocenters. The van der Waals surface area contributed by atoms with Gasteiger partial charge in [0.2, 0.25) is 0 Å². The van der Waals surface area contributed by atoms with Crippen molar-refractivity contribution in [1.29, 1.82) is 0 Å². The molecule has 1 aliphatic rings. The van der Waals surface area contributed by atoms with Crippen molar-refractivity contribution in [3.63, 3.8) is 0 Å². The molecule has 0 amide bonds. The highest BCUT2D eigenvalue weighted by Crippen LogP contribution is 2.24. The minimum absolute atomic E-state index is 0.0776. The first-order chi connectivity index (χ1) is 8.31. The van der Waals surface area contributed by atoms with Gasteiger partial charge in [0.1, 0.15) is 0 Å². The van der Waals surface area contributed by atoms with Gasteiger partial charge in [-0.3, -0.25) is 9.69 Å². The fourth-order valence-corrected chi connectivity index (χ4v) is 2.28. The number of hydrogen-bond acceptors (Lipinski definition) is 3. The molecular weight excluding hydrogens is 214 g/mol. The van der Waals surface area contributed by atoms with Gasteiger partial charge in [-0.2, -0.15) is 0 Å². The van der Waals surface area contributed by atoms with Gasteiger partial charge in [0, 0.05) is 44.5 Å². The van der Waals surface area contributed by atoms with Gasteiger partial charge in [0.15, 0.2) is 0 Å². The second-order valence-corrected chi connectivity index (χ2v) is 4.64. The maximum Gasteiger partial charge on any atom is 0.250 e. The van der Waals surface area contributed by atoms with Gasteiger partial charge >= 0.3 is 0 Å². The molecular formula is C13H21N3O. The lowest BCUT2D eigenvalue weighted by Crippen LogP contribution is -2.44. The second kappa shape index (κ2) is 5.98. The third kappa shape index (κ3) is 3.17. The molecule has 2 rings (SSSR count). The molecule has 0 saturated heterocycles. The largest absolute Gasteiger partial charge is 0.329 e. The quantitative estimate of drug-likeness (QED) is 0.788. The molecule has 1 aromatic heterocycles. The van der Waals surface area contributed by atoms with E-state index in [4.69, 9.17) is 5.73 Å². The van der Waals surface area contributed by atoms with Crippen molar-refractivity contribution in [1.82, 2.24) is 9.47 Å². The molecule has 0 spiro atoms. The van der Waals surface area contributed by atoms with Crippen LogP contribution in [0.2, 0.25) is 0 Å². The Morgan fingerprint density at radius 3 is 2.76 bits per heavy atom. The van der Waals surface area contributed by atoms with Crippen molar-refractivity contribution in [2.24, 2.45) is 5.73 Å². The van der Waals surface area contributed by atoms with Crippen molar-refractivity contribution in [3.8, 4) is 0 Å². The van der Waals surface area contributed by atoms with Gasteiger partial charge in [0.25, 0.3) is 5.56 Å². The first kappa shape index (κ1) is 12.3. The van der Waals surface area contributed by atoms with Crippen LogP contribution in [0.15, 0.2) is 29.2 Å². The van der Waals surface area contributed by atoms with Gasteiger partial charge in [0.05, 0.1) is 0 Å². The lowest BCUT2D eigenvalue weighted by atomic mass is 9.91. The average Bonchev–Trinajstić information content (AvgIpc) is 2.25. The summed E-state index contributed by atoms with van der Waals surface area (Å²) in [5, 5.41) is 0. The summed E-state index contributed by atoms with van der Waals surface area (Å²) in [6.07, 6.45) is 5.74. The highest BCUT2D eigenvalue weighted by molar-refractivity contribution is 4.93. The van der Waals surface area contributed by atoms with Crippen LogP contribution in [0, 0.1) is 0 Å². The Bertz CT molecular complexity index is 398. The lowest BCUT2D eigenvalue weighted by molar-refractivity contribution is 0.126. The van der Waals surface area contributed by atoms with Gasteiger partial charge in [-0.05, 0) is 18.9 Å². The van der Waals surface area contributed by atoms with Crippen molar-refractivity contribution in [2.75, 3.05) is 19.6 Å². The maximum atomic E-state index is 11.6. The lowest BCUT2D eigenvalue weighted by Gasteiger charge is -2.37. The smallest absolute Gasteiger partial charge is 0.250 e. The molecule has 94 valence electrons. The molecule has 0 radical (unpaired) electrons. The highest BCUT2D eigenvalue weighted by Gasteiger charge is 2.23. The van der Waals surface area contributed by atoms with Crippen LogP contribution < -0.4 is 11.3 Å². The Labute approximate surface area is 102 Å². The molecule has 1 saturated carbocycles. The Hall–Kier alpha value is -1.13. The van der Waals surface area contributed by atoms with E-state index in [1.54, 1.807) is 16.7 Å². The van der Waals surface area contributed by atoms with E-state index >= 15 is 0 Å². The van der Waals surface area contributed by atoms with Gasteiger partial charge in [-0.15, -0.1) is 0 Å². The van der Waals surface area contributed by atoms with Gasteiger partial charge < -0.3 is 10.3 Å². The first-order valence-corrected chi connectivity index (χ1v) is 6.41. The van der Waals surface area contributed by atoms with Crippen LogP contribution in [0.3, 0.4) is 0 Å². The van der Waals surface area contributed by atoms with Crippen molar-refractivity contribution < 1.29 is 0 Å². The predicted molar refractivity (Wildman–Crippen MR) is 69.0 cm³/mol. The van der Waals surface area contributed by atoms with Crippen LogP contribution >= 0.6 is 0 Å². The fourth-order valence-electron chi connectivity index (χ4n) is 2.28. The number of hydrogen-bond donors (Lipinski definition) is 1. The molecule has 4 nitrogen and oxygen atoms in total. The highest BCUT2D eigenvalue weighted by atomic mass is 16.1. The molecule has 0 bridgehead atoms. The Morgan fingerprint density at radius 1 is 1.35 bits per heavy atom. The standard InChI is InChI=1S/C13H21N3O/c14-7-9-15(12-4-3-5-12)10-11-16-8-2-1-6-13(16)17/h1-2,6,8,12H,3-5,7,9-11,14H2. The minimum Gasteiger partial charge on any atom is -0.329 e. The summed E-state index contributed by atoms with van der Waals surface area (Å²) in [6, 6.07) is 5.98. The SMILES string of the molecule is NCCN(CCn1ccccc1=O)C1CCC1. The predicted octanol–water partition coefficient (Wildman–Crippen LogP) is 0.661. The first-order valence-electron chi connectivity index (χ1n) is 6.41. The fraction of sp³-hybridized carbons (Fsp3) is 0.615. The molecule has 0 unspecified atom stereocenters. The van der Waals surface area contributed by atoms with E-state index in [-0.39, 0.29) is 5.56 Å². The summed E-state index contributed by atoms with van der Waals surface area (Å²) in [6.45, 7) is 3.31. The monoisotopic (exact) mass is 235 g/mol. The van der Waals surface area contributed by atoms with Crippen molar-refractivity contribution in [3.05, 3.63) is 34.7 Å². The minimum atomic E-state index is 0.0776. The van der Waals surface area contributed by atoms with Crippen LogP contribution in [-0.2, 0) is 6.54 Å². The van der Waals surface area contributed by atoms with E-state index < -0.39 is 0 Å².